The van der Waals surface area contributed by atoms with Crippen LogP contribution in [-0.2, 0) is 0 Å². The van der Waals surface area contributed by atoms with Crippen LogP contribution >= 0.6 is 0 Å². The molecule has 3 atom stereocenters. The van der Waals surface area contributed by atoms with Crippen molar-refractivity contribution in [1.29, 1.82) is 0 Å². The van der Waals surface area contributed by atoms with Crippen LogP contribution in [0.5, 0.6) is 0 Å². The van der Waals surface area contributed by atoms with Crippen LogP contribution in [0.1, 0.15) is 47.0 Å². The highest BCUT2D eigenvalue weighted by molar-refractivity contribution is 4.86. The van der Waals surface area contributed by atoms with Crippen LogP contribution in [0.2, 0.25) is 0 Å². The Morgan fingerprint density at radius 1 is 1.29 bits per heavy atom. The Morgan fingerprint density at radius 3 is 2.59 bits per heavy atom. The van der Waals surface area contributed by atoms with Crippen molar-refractivity contribution in [1.82, 2.24) is 10.2 Å². The average Bonchev–Trinajstić information content (AvgIpc) is 2.29. The Hall–Kier alpha value is -0.120. The molecule has 17 heavy (non-hydrogen) atoms. The Labute approximate surface area is 107 Å². The molecule has 3 unspecified atom stereocenters. The van der Waals surface area contributed by atoms with Gasteiger partial charge in [-0.05, 0) is 38.8 Å². The smallest absolute Gasteiger partial charge is 0.0690 e. The molecule has 0 aromatic rings. The molecule has 0 aliphatic carbocycles. The minimum atomic E-state index is -0.190. The van der Waals surface area contributed by atoms with Crippen LogP contribution in [0.25, 0.3) is 0 Å². The Balaban J connectivity index is 2.53. The standard InChI is InChI=1S/C14H30N2O/c1-5-15-12(4)13-8-6-7-9-16(13)10-14(17)11(2)3/h11-15,17H,5-10H2,1-4H3. The Bertz CT molecular complexity index is 208. The van der Waals surface area contributed by atoms with Crippen LogP contribution in [0.4, 0.5) is 0 Å². The largest absolute Gasteiger partial charge is 0.392 e. The number of β-amino-alcohol motifs (C(OH)–C–C–N with tert-alkyl or cyclic N) is 1. The predicted molar refractivity (Wildman–Crippen MR) is 73.2 cm³/mol. The van der Waals surface area contributed by atoms with E-state index >= 15 is 0 Å². The van der Waals surface area contributed by atoms with Crippen LogP contribution in [0, 0.1) is 5.92 Å². The first-order chi connectivity index (χ1) is 8.06. The second-order valence-electron chi connectivity index (χ2n) is 5.72. The lowest BCUT2D eigenvalue weighted by atomic mass is 9.95. The fourth-order valence-electron chi connectivity index (χ4n) is 2.72. The third-order valence-electron chi connectivity index (χ3n) is 3.96. The molecule has 1 saturated heterocycles. The quantitative estimate of drug-likeness (QED) is 0.746. The second-order valence-corrected chi connectivity index (χ2v) is 5.72. The minimum absolute atomic E-state index is 0.190. The molecule has 1 aliphatic heterocycles. The van der Waals surface area contributed by atoms with E-state index in [4.69, 9.17) is 0 Å². The van der Waals surface area contributed by atoms with E-state index in [2.05, 4.69) is 37.9 Å². The van der Waals surface area contributed by atoms with Crippen LogP contribution in [-0.4, -0.2) is 47.8 Å². The molecule has 102 valence electrons. The van der Waals surface area contributed by atoms with Gasteiger partial charge in [0.05, 0.1) is 6.10 Å². The third-order valence-corrected chi connectivity index (χ3v) is 3.96. The number of piperidine rings is 1. The maximum Gasteiger partial charge on any atom is 0.0690 e. The molecule has 0 aromatic heterocycles. The number of aliphatic hydroxyl groups excluding tert-OH is 1. The van der Waals surface area contributed by atoms with Gasteiger partial charge in [-0.2, -0.15) is 0 Å². The third kappa shape index (κ3) is 4.57. The van der Waals surface area contributed by atoms with Gasteiger partial charge in [-0.3, -0.25) is 4.90 Å². The van der Waals surface area contributed by atoms with Gasteiger partial charge in [0, 0.05) is 18.6 Å². The number of likely N-dealkylation sites (N-methyl/N-ethyl adjacent to an activating group) is 1. The van der Waals surface area contributed by atoms with E-state index < -0.39 is 0 Å². The number of rotatable bonds is 6. The van der Waals surface area contributed by atoms with Crippen molar-refractivity contribution in [3.8, 4) is 0 Å². The Kier molecular flexibility index (Phi) is 6.45. The lowest BCUT2D eigenvalue weighted by Gasteiger charge is -2.41. The van der Waals surface area contributed by atoms with E-state index in [0.717, 1.165) is 19.6 Å². The highest BCUT2D eigenvalue weighted by Crippen LogP contribution is 2.21. The summed E-state index contributed by atoms with van der Waals surface area (Å²) in [5, 5.41) is 13.6. The molecule has 1 aliphatic rings. The summed E-state index contributed by atoms with van der Waals surface area (Å²) in [4.78, 5) is 2.49. The summed E-state index contributed by atoms with van der Waals surface area (Å²) in [6.07, 6.45) is 3.68. The van der Waals surface area contributed by atoms with Crippen LogP contribution in [0.15, 0.2) is 0 Å². The summed E-state index contributed by atoms with van der Waals surface area (Å²) in [6, 6.07) is 1.12. The van der Waals surface area contributed by atoms with Gasteiger partial charge in [0.15, 0.2) is 0 Å². The molecular weight excluding hydrogens is 212 g/mol. The fourth-order valence-corrected chi connectivity index (χ4v) is 2.72. The monoisotopic (exact) mass is 242 g/mol. The minimum Gasteiger partial charge on any atom is -0.392 e. The molecule has 1 fully saturated rings. The lowest BCUT2D eigenvalue weighted by molar-refractivity contribution is 0.0337. The molecule has 0 radical (unpaired) electrons. The first-order valence-electron chi connectivity index (χ1n) is 7.21. The molecular formula is C14H30N2O. The summed E-state index contributed by atoms with van der Waals surface area (Å²) in [5.41, 5.74) is 0. The van der Waals surface area contributed by atoms with Gasteiger partial charge in [0.2, 0.25) is 0 Å². The van der Waals surface area contributed by atoms with Crippen molar-refractivity contribution < 1.29 is 5.11 Å². The first-order valence-corrected chi connectivity index (χ1v) is 7.21. The zero-order chi connectivity index (χ0) is 12.8. The van der Waals surface area contributed by atoms with Gasteiger partial charge in [0.25, 0.3) is 0 Å². The number of hydrogen-bond acceptors (Lipinski definition) is 3. The summed E-state index contributed by atoms with van der Waals surface area (Å²) in [5.74, 6) is 0.354. The van der Waals surface area contributed by atoms with Crippen molar-refractivity contribution in [3.05, 3.63) is 0 Å². The number of nitrogens with one attached hydrogen (secondary N) is 1. The van der Waals surface area contributed by atoms with Gasteiger partial charge in [-0.25, -0.2) is 0 Å². The Morgan fingerprint density at radius 2 is 2.00 bits per heavy atom. The number of nitrogens with zero attached hydrogens (tertiary/aromatic N) is 1. The van der Waals surface area contributed by atoms with E-state index in [0.29, 0.717) is 18.0 Å². The molecule has 0 bridgehead atoms. The molecule has 2 N–H and O–H groups in total. The number of aliphatic hydroxyl groups is 1. The van der Waals surface area contributed by atoms with Gasteiger partial charge in [-0.1, -0.05) is 27.2 Å². The van der Waals surface area contributed by atoms with Gasteiger partial charge >= 0.3 is 0 Å². The van der Waals surface area contributed by atoms with E-state index in [-0.39, 0.29) is 6.10 Å². The van der Waals surface area contributed by atoms with E-state index in [1.807, 2.05) is 0 Å². The molecule has 0 aromatic carbocycles. The highest BCUT2D eigenvalue weighted by Gasteiger charge is 2.28. The predicted octanol–water partition coefficient (Wildman–Crippen LogP) is 1.86. The van der Waals surface area contributed by atoms with Crippen molar-refractivity contribution in [3.63, 3.8) is 0 Å². The molecule has 1 rings (SSSR count). The second kappa shape index (κ2) is 7.34. The maximum atomic E-state index is 10.0. The van der Waals surface area contributed by atoms with Crippen molar-refractivity contribution in [2.45, 2.75) is 65.1 Å². The number of likely N-dealkylation sites (tertiary alicyclic amines) is 1. The van der Waals surface area contributed by atoms with Crippen LogP contribution < -0.4 is 5.32 Å². The van der Waals surface area contributed by atoms with Crippen LogP contribution in [0.3, 0.4) is 0 Å². The summed E-state index contributed by atoms with van der Waals surface area (Å²) < 4.78 is 0. The zero-order valence-electron chi connectivity index (χ0n) is 11.9. The summed E-state index contributed by atoms with van der Waals surface area (Å²) >= 11 is 0. The molecule has 0 amide bonds. The normalized spacial score (nSPS) is 26.1. The molecule has 0 saturated carbocycles. The molecule has 3 heteroatoms. The molecule has 3 nitrogen and oxygen atoms in total. The number of hydrogen-bond donors (Lipinski definition) is 2. The maximum absolute atomic E-state index is 10.0. The average molecular weight is 242 g/mol. The van der Waals surface area contributed by atoms with Crippen molar-refractivity contribution in [2.75, 3.05) is 19.6 Å². The SMILES string of the molecule is CCNC(C)C1CCCCN1CC(O)C(C)C. The zero-order valence-corrected chi connectivity index (χ0v) is 11.9. The highest BCUT2D eigenvalue weighted by atomic mass is 16.3. The van der Waals surface area contributed by atoms with Crippen molar-refractivity contribution >= 4 is 0 Å². The van der Waals surface area contributed by atoms with Gasteiger partial charge in [0.1, 0.15) is 0 Å². The fraction of sp³-hybridized carbons (Fsp3) is 1.00. The summed E-state index contributed by atoms with van der Waals surface area (Å²) in [7, 11) is 0. The van der Waals surface area contributed by atoms with E-state index in [9.17, 15) is 5.11 Å². The molecule has 0 spiro atoms. The van der Waals surface area contributed by atoms with Gasteiger partial charge < -0.3 is 10.4 Å². The topological polar surface area (TPSA) is 35.5 Å². The van der Waals surface area contributed by atoms with Gasteiger partial charge in [-0.15, -0.1) is 0 Å². The summed E-state index contributed by atoms with van der Waals surface area (Å²) in [6.45, 7) is 11.6. The van der Waals surface area contributed by atoms with E-state index in [1.54, 1.807) is 0 Å². The van der Waals surface area contributed by atoms with Crippen molar-refractivity contribution in [2.24, 2.45) is 5.92 Å². The first kappa shape index (κ1) is 14.9. The lowest BCUT2D eigenvalue weighted by Crippen LogP contribution is -2.53. The van der Waals surface area contributed by atoms with E-state index in [1.165, 1.54) is 19.3 Å². The molecule has 1 heterocycles.